The van der Waals surface area contributed by atoms with Crippen LogP contribution in [-0.2, 0) is 12.0 Å². The van der Waals surface area contributed by atoms with Gasteiger partial charge in [0.05, 0.1) is 30.3 Å². The molecule has 4 rings (SSSR count). The van der Waals surface area contributed by atoms with E-state index >= 15 is 0 Å². The Balaban J connectivity index is 1.84. The normalized spacial score (nSPS) is 15.3. The van der Waals surface area contributed by atoms with Gasteiger partial charge in [-0.25, -0.2) is 14.1 Å². The molecule has 1 aliphatic carbocycles. The molecule has 0 unspecified atom stereocenters. The number of aromatic nitrogens is 3. The molecule has 126 valence electrons. The van der Waals surface area contributed by atoms with Gasteiger partial charge >= 0.3 is 0 Å². The van der Waals surface area contributed by atoms with E-state index in [9.17, 15) is 9.65 Å². The predicted octanol–water partition coefficient (Wildman–Crippen LogP) is 3.09. The molecule has 0 atom stereocenters. The molecule has 3 aromatic rings. The number of nitrogens with zero attached hydrogens (tertiary/aromatic N) is 4. The number of aliphatic hydroxyl groups excluding tert-OH is 1. The van der Waals surface area contributed by atoms with Gasteiger partial charge in [0, 0.05) is 22.7 Å². The van der Waals surface area contributed by atoms with Crippen molar-refractivity contribution in [1.82, 2.24) is 14.8 Å². The number of rotatable bonds is 4. The van der Waals surface area contributed by atoms with Crippen LogP contribution in [-0.4, -0.2) is 26.5 Å². The molecule has 5 nitrogen and oxygen atoms in total. The summed E-state index contributed by atoms with van der Waals surface area (Å²) in [4.78, 5) is 4.42. The van der Waals surface area contributed by atoms with E-state index in [0.717, 1.165) is 29.5 Å². The number of benzene rings is 1. The monoisotopic (exact) mass is 336 g/mol. The van der Waals surface area contributed by atoms with Crippen LogP contribution < -0.4 is 0 Å². The Morgan fingerprint density at radius 1 is 1.36 bits per heavy atom. The van der Waals surface area contributed by atoms with Crippen LogP contribution >= 0.6 is 0 Å². The van der Waals surface area contributed by atoms with Crippen molar-refractivity contribution in [2.75, 3.05) is 6.61 Å². The fourth-order valence-corrected chi connectivity index (χ4v) is 3.24. The van der Waals surface area contributed by atoms with Gasteiger partial charge in [0.1, 0.15) is 5.82 Å². The summed E-state index contributed by atoms with van der Waals surface area (Å²) < 4.78 is 16.1. The maximum atomic E-state index is 14.4. The Morgan fingerprint density at radius 2 is 2.16 bits per heavy atom. The lowest BCUT2D eigenvalue weighted by Gasteiger charge is -2.10. The SMILES string of the molecule is Cc1nn(CCO)c2ncc(-c3cc(C4(C#N)CC4)ccc3F)cc12. The Kier molecular flexibility index (Phi) is 3.55. The standard InChI is InChI=1S/C19H17FN4O/c1-12-15-8-13(10-22-18(15)24(23-12)6-7-25)16-9-14(2-3-17(16)20)19(11-21)4-5-19/h2-3,8-10,25H,4-7H2,1H3. The van der Waals surface area contributed by atoms with Crippen LogP contribution in [0.5, 0.6) is 0 Å². The minimum atomic E-state index is -0.456. The van der Waals surface area contributed by atoms with E-state index < -0.39 is 5.41 Å². The lowest BCUT2D eigenvalue weighted by Crippen LogP contribution is -2.05. The Hall–Kier alpha value is -2.78. The first-order valence-corrected chi connectivity index (χ1v) is 8.24. The molecule has 1 saturated carbocycles. The highest BCUT2D eigenvalue weighted by Gasteiger charge is 2.45. The van der Waals surface area contributed by atoms with Gasteiger partial charge < -0.3 is 5.11 Å². The Bertz CT molecular complexity index is 1010. The fraction of sp³-hybridized carbons (Fsp3) is 0.316. The van der Waals surface area contributed by atoms with Gasteiger partial charge in [-0.2, -0.15) is 10.4 Å². The molecule has 0 aliphatic heterocycles. The van der Waals surface area contributed by atoms with Crippen molar-refractivity contribution in [1.29, 1.82) is 5.26 Å². The average Bonchev–Trinajstić information content (AvgIpc) is 3.36. The van der Waals surface area contributed by atoms with Crippen molar-refractivity contribution >= 4 is 11.0 Å². The summed E-state index contributed by atoms with van der Waals surface area (Å²) in [6.07, 6.45) is 3.25. The van der Waals surface area contributed by atoms with Crippen LogP contribution in [0.25, 0.3) is 22.2 Å². The molecule has 0 saturated heterocycles. The highest BCUT2D eigenvalue weighted by Crippen LogP contribution is 2.48. The molecule has 0 radical (unpaired) electrons. The van der Waals surface area contributed by atoms with Crippen LogP contribution in [0, 0.1) is 24.1 Å². The lowest BCUT2D eigenvalue weighted by molar-refractivity contribution is 0.271. The zero-order valence-corrected chi connectivity index (χ0v) is 13.8. The van der Waals surface area contributed by atoms with Crippen molar-refractivity contribution in [2.45, 2.75) is 31.7 Å². The highest BCUT2D eigenvalue weighted by molar-refractivity contribution is 5.83. The van der Waals surface area contributed by atoms with Crippen molar-refractivity contribution < 1.29 is 9.50 Å². The Labute approximate surface area is 144 Å². The van der Waals surface area contributed by atoms with Gasteiger partial charge in [-0.1, -0.05) is 6.07 Å². The highest BCUT2D eigenvalue weighted by atomic mass is 19.1. The van der Waals surface area contributed by atoms with E-state index in [4.69, 9.17) is 5.11 Å². The van der Waals surface area contributed by atoms with Crippen LogP contribution in [0.1, 0.15) is 24.1 Å². The first-order chi connectivity index (χ1) is 12.1. The third-order valence-corrected chi connectivity index (χ3v) is 4.88. The quantitative estimate of drug-likeness (QED) is 0.794. The molecular weight excluding hydrogens is 319 g/mol. The number of fused-ring (bicyclic) bond motifs is 1. The summed E-state index contributed by atoms with van der Waals surface area (Å²) in [6.45, 7) is 2.21. The molecule has 0 bridgehead atoms. The zero-order valence-electron chi connectivity index (χ0n) is 13.8. The second-order valence-corrected chi connectivity index (χ2v) is 6.52. The number of pyridine rings is 1. The molecule has 1 fully saturated rings. The largest absolute Gasteiger partial charge is 0.394 e. The summed E-state index contributed by atoms with van der Waals surface area (Å²) >= 11 is 0. The molecule has 1 N–H and O–H groups in total. The summed E-state index contributed by atoms with van der Waals surface area (Å²) in [5.41, 5.74) is 2.96. The summed E-state index contributed by atoms with van der Waals surface area (Å²) in [5, 5.41) is 23.7. The van der Waals surface area contributed by atoms with Crippen LogP contribution in [0.3, 0.4) is 0 Å². The molecule has 2 heterocycles. The van der Waals surface area contributed by atoms with Crippen molar-refractivity contribution in [3.63, 3.8) is 0 Å². The van der Waals surface area contributed by atoms with E-state index in [2.05, 4.69) is 16.2 Å². The smallest absolute Gasteiger partial charge is 0.158 e. The first kappa shape index (κ1) is 15.7. The van der Waals surface area contributed by atoms with Crippen molar-refractivity contribution in [3.05, 3.63) is 47.5 Å². The molecular formula is C19H17FN4O. The number of aryl methyl sites for hydroxylation is 1. The molecule has 25 heavy (non-hydrogen) atoms. The van der Waals surface area contributed by atoms with E-state index in [-0.39, 0.29) is 12.4 Å². The average molecular weight is 336 g/mol. The lowest BCUT2D eigenvalue weighted by atomic mass is 9.93. The van der Waals surface area contributed by atoms with Gasteiger partial charge in [0.2, 0.25) is 0 Å². The minimum Gasteiger partial charge on any atom is -0.394 e. The van der Waals surface area contributed by atoms with Crippen molar-refractivity contribution in [2.24, 2.45) is 0 Å². The maximum Gasteiger partial charge on any atom is 0.158 e. The van der Waals surface area contributed by atoms with Gasteiger partial charge in [-0.15, -0.1) is 0 Å². The number of hydrogen-bond donors (Lipinski definition) is 1. The van der Waals surface area contributed by atoms with E-state index in [1.165, 1.54) is 6.07 Å². The molecule has 1 aliphatic rings. The van der Waals surface area contributed by atoms with Crippen molar-refractivity contribution in [3.8, 4) is 17.2 Å². The van der Waals surface area contributed by atoms with Gasteiger partial charge in [-0.3, -0.25) is 0 Å². The van der Waals surface area contributed by atoms with Gasteiger partial charge in [0.25, 0.3) is 0 Å². The number of aliphatic hydroxyl groups is 1. The second kappa shape index (κ2) is 5.64. The van der Waals surface area contributed by atoms with E-state index in [1.807, 2.05) is 13.0 Å². The number of nitriles is 1. The predicted molar refractivity (Wildman–Crippen MR) is 91.3 cm³/mol. The second-order valence-electron chi connectivity index (χ2n) is 6.52. The summed E-state index contributed by atoms with van der Waals surface area (Å²) in [6, 6.07) is 9.11. The third-order valence-electron chi connectivity index (χ3n) is 4.88. The number of hydrogen-bond acceptors (Lipinski definition) is 4. The first-order valence-electron chi connectivity index (χ1n) is 8.24. The zero-order chi connectivity index (χ0) is 17.6. The molecule has 0 amide bonds. The topological polar surface area (TPSA) is 74.7 Å². The van der Waals surface area contributed by atoms with Crippen LogP contribution in [0.2, 0.25) is 0 Å². The summed E-state index contributed by atoms with van der Waals surface area (Å²) in [7, 11) is 0. The fourth-order valence-electron chi connectivity index (χ4n) is 3.24. The van der Waals surface area contributed by atoms with E-state index in [0.29, 0.717) is 23.3 Å². The van der Waals surface area contributed by atoms with Gasteiger partial charge in [-0.05, 0) is 43.5 Å². The maximum absolute atomic E-state index is 14.4. The van der Waals surface area contributed by atoms with Crippen LogP contribution in [0.15, 0.2) is 30.5 Å². The number of halogens is 1. The Morgan fingerprint density at radius 3 is 2.84 bits per heavy atom. The molecule has 2 aromatic heterocycles. The molecule has 6 heteroatoms. The molecule has 1 aromatic carbocycles. The van der Waals surface area contributed by atoms with Gasteiger partial charge in [0.15, 0.2) is 5.65 Å². The van der Waals surface area contributed by atoms with E-state index in [1.54, 1.807) is 23.0 Å². The third kappa shape index (κ3) is 2.48. The molecule has 0 spiro atoms. The summed E-state index contributed by atoms with van der Waals surface area (Å²) in [5.74, 6) is -0.334. The van der Waals surface area contributed by atoms with Crippen LogP contribution in [0.4, 0.5) is 4.39 Å². The minimum absolute atomic E-state index is 0.0213.